The number of furan rings is 1. The second-order valence-electron chi connectivity index (χ2n) is 4.26. The lowest BCUT2D eigenvalue weighted by Crippen LogP contribution is -2.27. The van der Waals surface area contributed by atoms with E-state index in [-0.39, 0.29) is 0 Å². The molecule has 2 heteroatoms. The molecule has 76 valence electrons. The first-order chi connectivity index (χ1) is 6.62. The molecule has 0 saturated heterocycles. The number of hydrogen-bond donors (Lipinski definition) is 1. The van der Waals surface area contributed by atoms with Crippen molar-refractivity contribution < 1.29 is 9.52 Å². The van der Waals surface area contributed by atoms with E-state index in [1.165, 1.54) is 0 Å². The minimum Gasteiger partial charge on any atom is -0.469 e. The van der Waals surface area contributed by atoms with E-state index in [4.69, 9.17) is 4.42 Å². The Kier molecular flexibility index (Phi) is 2.23. The molecule has 1 aliphatic rings. The van der Waals surface area contributed by atoms with Crippen molar-refractivity contribution >= 4 is 0 Å². The summed E-state index contributed by atoms with van der Waals surface area (Å²) in [4.78, 5) is 0. The van der Waals surface area contributed by atoms with Gasteiger partial charge in [0.05, 0.1) is 6.26 Å². The van der Waals surface area contributed by atoms with Gasteiger partial charge in [0, 0.05) is 12.0 Å². The first-order valence-electron chi connectivity index (χ1n) is 5.07. The van der Waals surface area contributed by atoms with Crippen molar-refractivity contribution in [3.8, 4) is 0 Å². The van der Waals surface area contributed by atoms with Crippen LogP contribution in [0.25, 0.3) is 0 Å². The zero-order valence-corrected chi connectivity index (χ0v) is 8.71. The van der Waals surface area contributed by atoms with Crippen molar-refractivity contribution in [3.05, 3.63) is 35.3 Å². The Morgan fingerprint density at radius 2 is 2.36 bits per heavy atom. The van der Waals surface area contributed by atoms with Gasteiger partial charge in [-0.2, -0.15) is 0 Å². The summed E-state index contributed by atoms with van der Waals surface area (Å²) in [6.45, 7) is 4.01. The van der Waals surface area contributed by atoms with E-state index < -0.39 is 5.60 Å². The highest BCUT2D eigenvalue weighted by Gasteiger charge is 2.33. The fourth-order valence-electron chi connectivity index (χ4n) is 2.20. The van der Waals surface area contributed by atoms with Crippen molar-refractivity contribution in [3.63, 3.8) is 0 Å². The summed E-state index contributed by atoms with van der Waals surface area (Å²) >= 11 is 0. The van der Waals surface area contributed by atoms with E-state index in [0.717, 1.165) is 36.2 Å². The summed E-state index contributed by atoms with van der Waals surface area (Å²) in [6, 6.07) is 1.88. The Balaban J connectivity index is 2.45. The third-order valence-electron chi connectivity index (χ3n) is 2.70. The van der Waals surface area contributed by atoms with Crippen molar-refractivity contribution in [1.29, 1.82) is 0 Å². The number of allylic oxidation sites excluding steroid dienone is 1. The number of aliphatic hydroxyl groups is 1. The highest BCUT2D eigenvalue weighted by molar-refractivity contribution is 5.33. The Morgan fingerprint density at radius 3 is 3.07 bits per heavy atom. The largest absolute Gasteiger partial charge is 0.469 e. The van der Waals surface area contributed by atoms with Crippen LogP contribution in [-0.4, -0.2) is 5.11 Å². The normalized spacial score (nSPS) is 25.6. The highest BCUT2D eigenvalue weighted by Crippen LogP contribution is 2.37. The van der Waals surface area contributed by atoms with E-state index in [0.29, 0.717) is 0 Å². The van der Waals surface area contributed by atoms with Gasteiger partial charge < -0.3 is 9.52 Å². The second-order valence-corrected chi connectivity index (χ2v) is 4.26. The predicted molar refractivity (Wildman–Crippen MR) is 55.0 cm³/mol. The summed E-state index contributed by atoms with van der Waals surface area (Å²) in [6.07, 6.45) is 6.33. The Morgan fingerprint density at radius 1 is 1.57 bits per heavy atom. The SMILES string of the molecule is CC(C)=CC1(O)CCCc2occc21. The summed E-state index contributed by atoms with van der Waals surface area (Å²) in [5.41, 5.74) is 1.30. The van der Waals surface area contributed by atoms with E-state index in [1.54, 1.807) is 6.26 Å². The van der Waals surface area contributed by atoms with Crippen LogP contribution in [0.3, 0.4) is 0 Å². The summed E-state index contributed by atoms with van der Waals surface area (Å²) < 4.78 is 5.34. The Labute approximate surface area is 84.2 Å². The van der Waals surface area contributed by atoms with Gasteiger partial charge in [0.1, 0.15) is 11.4 Å². The molecule has 2 nitrogen and oxygen atoms in total. The van der Waals surface area contributed by atoms with Crippen LogP contribution >= 0.6 is 0 Å². The van der Waals surface area contributed by atoms with Gasteiger partial charge in [0.25, 0.3) is 0 Å². The molecule has 14 heavy (non-hydrogen) atoms. The fourth-order valence-corrected chi connectivity index (χ4v) is 2.20. The quantitative estimate of drug-likeness (QED) is 0.694. The lowest BCUT2D eigenvalue weighted by atomic mass is 9.82. The van der Waals surface area contributed by atoms with Crippen molar-refractivity contribution in [2.45, 2.75) is 38.7 Å². The minimum atomic E-state index is -0.792. The van der Waals surface area contributed by atoms with Crippen molar-refractivity contribution in [2.24, 2.45) is 0 Å². The van der Waals surface area contributed by atoms with Crippen LogP contribution in [0, 0.1) is 0 Å². The molecule has 0 bridgehead atoms. The van der Waals surface area contributed by atoms with Crippen LogP contribution in [0.2, 0.25) is 0 Å². The maximum Gasteiger partial charge on any atom is 0.111 e. The number of fused-ring (bicyclic) bond motifs is 1. The van der Waals surface area contributed by atoms with Crippen molar-refractivity contribution in [1.82, 2.24) is 0 Å². The molecule has 1 aromatic heterocycles. The minimum absolute atomic E-state index is 0.792. The summed E-state index contributed by atoms with van der Waals surface area (Å²) in [5.74, 6) is 0.941. The number of rotatable bonds is 1. The molecule has 0 amide bonds. The molecule has 0 spiro atoms. The molecular formula is C12H16O2. The van der Waals surface area contributed by atoms with Crippen LogP contribution < -0.4 is 0 Å². The van der Waals surface area contributed by atoms with E-state index >= 15 is 0 Å². The van der Waals surface area contributed by atoms with Gasteiger partial charge >= 0.3 is 0 Å². The molecule has 0 fully saturated rings. The van der Waals surface area contributed by atoms with E-state index in [1.807, 2.05) is 26.0 Å². The molecule has 0 aliphatic heterocycles. The van der Waals surface area contributed by atoms with Gasteiger partial charge in [-0.3, -0.25) is 0 Å². The summed E-state index contributed by atoms with van der Waals surface area (Å²) in [7, 11) is 0. The maximum atomic E-state index is 10.4. The molecule has 1 aliphatic carbocycles. The molecule has 1 N–H and O–H groups in total. The average Bonchev–Trinajstić information content (AvgIpc) is 2.51. The summed E-state index contributed by atoms with van der Waals surface area (Å²) in [5, 5.41) is 10.4. The van der Waals surface area contributed by atoms with Gasteiger partial charge in [-0.1, -0.05) is 5.57 Å². The molecule has 0 aromatic carbocycles. The second kappa shape index (κ2) is 3.28. The third-order valence-corrected chi connectivity index (χ3v) is 2.70. The van der Waals surface area contributed by atoms with E-state index in [2.05, 4.69) is 0 Å². The molecule has 1 heterocycles. The third kappa shape index (κ3) is 1.50. The Hall–Kier alpha value is -1.02. The van der Waals surface area contributed by atoms with Gasteiger partial charge in [-0.05, 0) is 38.8 Å². The van der Waals surface area contributed by atoms with Crippen LogP contribution in [-0.2, 0) is 12.0 Å². The van der Waals surface area contributed by atoms with Gasteiger partial charge in [0.15, 0.2) is 0 Å². The van der Waals surface area contributed by atoms with Crippen LogP contribution in [0.5, 0.6) is 0 Å². The highest BCUT2D eigenvalue weighted by atomic mass is 16.3. The zero-order chi connectivity index (χ0) is 10.2. The molecule has 1 unspecified atom stereocenters. The van der Waals surface area contributed by atoms with E-state index in [9.17, 15) is 5.11 Å². The van der Waals surface area contributed by atoms with Crippen molar-refractivity contribution in [2.75, 3.05) is 0 Å². The number of hydrogen-bond acceptors (Lipinski definition) is 2. The topological polar surface area (TPSA) is 33.4 Å². The van der Waals surface area contributed by atoms with Gasteiger partial charge in [-0.25, -0.2) is 0 Å². The lowest BCUT2D eigenvalue weighted by molar-refractivity contribution is 0.0664. The molecule has 2 rings (SSSR count). The van der Waals surface area contributed by atoms with Crippen LogP contribution in [0.4, 0.5) is 0 Å². The molecule has 0 radical (unpaired) electrons. The van der Waals surface area contributed by atoms with Crippen LogP contribution in [0.1, 0.15) is 38.0 Å². The van der Waals surface area contributed by atoms with Crippen LogP contribution in [0.15, 0.2) is 28.4 Å². The van der Waals surface area contributed by atoms with Gasteiger partial charge in [0.2, 0.25) is 0 Å². The molecule has 1 aromatic rings. The molecule has 1 atom stereocenters. The molecular weight excluding hydrogens is 176 g/mol. The smallest absolute Gasteiger partial charge is 0.111 e. The Bertz CT molecular complexity index is 358. The first-order valence-corrected chi connectivity index (χ1v) is 5.07. The average molecular weight is 192 g/mol. The molecule has 0 saturated carbocycles. The standard InChI is InChI=1S/C12H16O2/c1-9(2)8-12(13)6-3-4-11-10(12)5-7-14-11/h5,7-8,13H,3-4,6H2,1-2H3. The monoisotopic (exact) mass is 192 g/mol. The zero-order valence-electron chi connectivity index (χ0n) is 8.71. The number of aryl methyl sites for hydroxylation is 1. The fraction of sp³-hybridized carbons (Fsp3) is 0.500. The maximum absolute atomic E-state index is 10.4. The lowest BCUT2D eigenvalue weighted by Gasteiger charge is -2.29. The first kappa shape index (κ1) is 9.53. The van der Waals surface area contributed by atoms with Gasteiger partial charge in [-0.15, -0.1) is 0 Å². The predicted octanol–water partition coefficient (Wildman–Crippen LogP) is 2.77.